The van der Waals surface area contributed by atoms with Gasteiger partial charge in [0.05, 0.1) is 11.9 Å². The number of hydrogen-bond donors (Lipinski definition) is 2. The average molecular weight is 297 g/mol. The molecule has 90 valence electrons. The maximum Gasteiger partial charge on any atom is 0.280 e. The SMILES string of the molecule is O=c1[nH]ncc(NN=C[C@H]2CC=CCC2)c1Br. The molecule has 1 aliphatic carbocycles. The van der Waals surface area contributed by atoms with Gasteiger partial charge in [0.25, 0.3) is 5.56 Å². The number of nitrogens with zero attached hydrogens (tertiary/aromatic N) is 2. The summed E-state index contributed by atoms with van der Waals surface area (Å²) in [6.07, 6.45) is 11.0. The third-order valence-corrected chi connectivity index (χ3v) is 3.36. The number of aromatic amines is 1. The lowest BCUT2D eigenvalue weighted by Crippen LogP contribution is -2.11. The number of nitrogens with one attached hydrogen (secondary N) is 2. The molecule has 0 unspecified atom stereocenters. The van der Waals surface area contributed by atoms with Crippen LogP contribution >= 0.6 is 15.9 Å². The van der Waals surface area contributed by atoms with Crippen molar-refractivity contribution >= 4 is 27.8 Å². The Labute approximate surface area is 107 Å². The lowest BCUT2D eigenvalue weighted by molar-refractivity contribution is 0.627. The topological polar surface area (TPSA) is 70.1 Å². The van der Waals surface area contributed by atoms with Gasteiger partial charge in [-0.2, -0.15) is 10.2 Å². The molecule has 0 spiro atoms. The van der Waals surface area contributed by atoms with Gasteiger partial charge in [-0.15, -0.1) is 0 Å². The van der Waals surface area contributed by atoms with Crippen molar-refractivity contribution in [3.63, 3.8) is 0 Å². The Hall–Kier alpha value is -1.43. The van der Waals surface area contributed by atoms with Crippen LogP contribution in [0.15, 0.2) is 32.7 Å². The smallest absolute Gasteiger partial charge is 0.276 e. The Morgan fingerprint density at radius 3 is 3.24 bits per heavy atom. The minimum Gasteiger partial charge on any atom is -0.276 e. The van der Waals surface area contributed by atoms with Crippen LogP contribution < -0.4 is 11.0 Å². The molecular formula is C11H13BrN4O. The van der Waals surface area contributed by atoms with E-state index in [9.17, 15) is 4.79 Å². The standard InChI is InChI=1S/C11H13BrN4O/c12-10-9(7-14-16-11(10)17)15-13-6-8-4-2-1-3-5-8/h1-2,6-8H,3-5H2,(H2,15,16,17)/t8-/m0/s1. The van der Waals surface area contributed by atoms with Crippen molar-refractivity contribution in [3.05, 3.63) is 33.2 Å². The van der Waals surface area contributed by atoms with Crippen molar-refractivity contribution in [3.8, 4) is 0 Å². The van der Waals surface area contributed by atoms with Crippen molar-refractivity contribution in [1.82, 2.24) is 10.2 Å². The molecule has 6 heteroatoms. The summed E-state index contributed by atoms with van der Waals surface area (Å²) in [5, 5.41) is 10.2. The van der Waals surface area contributed by atoms with Crippen LogP contribution in [0.3, 0.4) is 0 Å². The number of H-pyrrole nitrogens is 1. The highest BCUT2D eigenvalue weighted by Gasteiger charge is 2.07. The van der Waals surface area contributed by atoms with Crippen LogP contribution in [0.5, 0.6) is 0 Å². The summed E-state index contributed by atoms with van der Waals surface area (Å²) >= 11 is 3.18. The summed E-state index contributed by atoms with van der Waals surface area (Å²) in [6, 6.07) is 0. The fourth-order valence-corrected chi connectivity index (χ4v) is 1.91. The van der Waals surface area contributed by atoms with E-state index in [-0.39, 0.29) is 5.56 Å². The Balaban J connectivity index is 1.97. The molecule has 0 aromatic carbocycles. The minimum absolute atomic E-state index is 0.272. The number of halogens is 1. The van der Waals surface area contributed by atoms with Crippen LogP contribution in [0.1, 0.15) is 19.3 Å². The number of hydrogen-bond acceptors (Lipinski definition) is 4. The zero-order chi connectivity index (χ0) is 12.1. The number of aromatic nitrogens is 2. The second kappa shape index (κ2) is 5.77. The van der Waals surface area contributed by atoms with Gasteiger partial charge in [-0.3, -0.25) is 10.2 Å². The summed E-state index contributed by atoms with van der Waals surface area (Å²) in [6.45, 7) is 0. The number of rotatable bonds is 3. The molecule has 2 rings (SSSR count). The van der Waals surface area contributed by atoms with Crippen molar-refractivity contribution < 1.29 is 0 Å². The predicted molar refractivity (Wildman–Crippen MR) is 71.2 cm³/mol. The molecule has 1 atom stereocenters. The molecule has 0 amide bonds. The molecule has 5 nitrogen and oxygen atoms in total. The van der Waals surface area contributed by atoms with Gasteiger partial charge in [0.1, 0.15) is 4.47 Å². The largest absolute Gasteiger partial charge is 0.280 e. The fraction of sp³-hybridized carbons (Fsp3) is 0.364. The number of anilines is 1. The van der Waals surface area contributed by atoms with Crippen molar-refractivity contribution in [2.24, 2.45) is 11.0 Å². The first kappa shape index (κ1) is 12.0. The quantitative estimate of drug-likeness (QED) is 0.511. The second-order valence-corrected chi connectivity index (χ2v) is 4.65. The molecule has 1 aromatic rings. The van der Waals surface area contributed by atoms with Crippen LogP contribution in [0, 0.1) is 5.92 Å². The first-order valence-electron chi connectivity index (χ1n) is 5.45. The Bertz CT molecular complexity index is 494. The molecule has 0 radical (unpaired) electrons. The lowest BCUT2D eigenvalue weighted by Gasteiger charge is -2.11. The van der Waals surface area contributed by atoms with Gasteiger partial charge in [-0.25, -0.2) is 5.10 Å². The molecule has 0 fully saturated rings. The van der Waals surface area contributed by atoms with E-state index >= 15 is 0 Å². The zero-order valence-electron chi connectivity index (χ0n) is 9.19. The Morgan fingerprint density at radius 2 is 2.47 bits per heavy atom. The third kappa shape index (κ3) is 3.26. The van der Waals surface area contributed by atoms with E-state index < -0.39 is 0 Å². The van der Waals surface area contributed by atoms with Crippen molar-refractivity contribution in [2.45, 2.75) is 19.3 Å². The molecular weight excluding hydrogens is 284 g/mol. The van der Waals surface area contributed by atoms with Gasteiger partial charge < -0.3 is 0 Å². The normalized spacial score (nSPS) is 19.7. The molecule has 2 N–H and O–H groups in total. The van der Waals surface area contributed by atoms with Crippen LogP contribution in [0.25, 0.3) is 0 Å². The van der Waals surface area contributed by atoms with Crippen LogP contribution in [0.4, 0.5) is 5.69 Å². The highest BCUT2D eigenvalue weighted by atomic mass is 79.9. The van der Waals surface area contributed by atoms with Crippen LogP contribution in [0.2, 0.25) is 0 Å². The van der Waals surface area contributed by atoms with E-state index in [0.717, 1.165) is 19.3 Å². The highest BCUT2D eigenvalue weighted by molar-refractivity contribution is 9.10. The molecule has 1 heterocycles. The number of allylic oxidation sites excluding steroid dienone is 2. The molecule has 1 aliphatic rings. The van der Waals surface area contributed by atoms with E-state index in [1.165, 1.54) is 6.20 Å². The predicted octanol–water partition coefficient (Wildman–Crippen LogP) is 2.29. The summed E-state index contributed by atoms with van der Waals surface area (Å²) in [7, 11) is 0. The first-order chi connectivity index (χ1) is 8.27. The number of hydrazone groups is 1. The fourth-order valence-electron chi connectivity index (χ4n) is 1.63. The van der Waals surface area contributed by atoms with E-state index in [4.69, 9.17) is 0 Å². The molecule has 0 saturated heterocycles. The lowest BCUT2D eigenvalue weighted by atomic mass is 9.96. The average Bonchev–Trinajstić information content (AvgIpc) is 2.36. The van der Waals surface area contributed by atoms with Gasteiger partial charge >= 0.3 is 0 Å². The van der Waals surface area contributed by atoms with Gasteiger partial charge in [0.2, 0.25) is 0 Å². The van der Waals surface area contributed by atoms with Crippen molar-refractivity contribution in [1.29, 1.82) is 0 Å². The zero-order valence-corrected chi connectivity index (χ0v) is 10.8. The van der Waals surface area contributed by atoms with Gasteiger partial charge in [-0.1, -0.05) is 12.2 Å². The monoisotopic (exact) mass is 296 g/mol. The van der Waals surface area contributed by atoms with Gasteiger partial charge in [0.15, 0.2) is 0 Å². The summed E-state index contributed by atoms with van der Waals surface area (Å²) in [5.74, 6) is 0.473. The summed E-state index contributed by atoms with van der Waals surface area (Å²) < 4.78 is 0.410. The summed E-state index contributed by atoms with van der Waals surface area (Å²) in [4.78, 5) is 11.2. The van der Waals surface area contributed by atoms with Gasteiger partial charge in [0, 0.05) is 6.21 Å². The summed E-state index contributed by atoms with van der Waals surface area (Å²) in [5.41, 5.74) is 3.11. The molecule has 17 heavy (non-hydrogen) atoms. The minimum atomic E-state index is -0.272. The van der Waals surface area contributed by atoms with Crippen molar-refractivity contribution in [2.75, 3.05) is 5.43 Å². The Morgan fingerprint density at radius 1 is 1.59 bits per heavy atom. The highest BCUT2D eigenvalue weighted by Crippen LogP contribution is 2.17. The third-order valence-electron chi connectivity index (χ3n) is 2.58. The van der Waals surface area contributed by atoms with Crippen LogP contribution in [-0.4, -0.2) is 16.4 Å². The van der Waals surface area contributed by atoms with E-state index in [2.05, 4.69) is 48.8 Å². The van der Waals surface area contributed by atoms with E-state index in [0.29, 0.717) is 16.1 Å². The molecule has 0 saturated carbocycles. The Kier molecular flexibility index (Phi) is 4.08. The second-order valence-electron chi connectivity index (χ2n) is 3.86. The maximum atomic E-state index is 11.2. The first-order valence-corrected chi connectivity index (χ1v) is 6.24. The van der Waals surface area contributed by atoms with Gasteiger partial charge in [-0.05, 0) is 41.1 Å². The molecule has 1 aromatic heterocycles. The molecule has 0 bridgehead atoms. The van der Waals surface area contributed by atoms with E-state index in [1.54, 1.807) is 0 Å². The maximum absolute atomic E-state index is 11.2. The van der Waals surface area contributed by atoms with Crippen LogP contribution in [-0.2, 0) is 0 Å². The molecule has 0 aliphatic heterocycles. The van der Waals surface area contributed by atoms with E-state index in [1.807, 2.05) is 6.21 Å².